The van der Waals surface area contributed by atoms with E-state index >= 15 is 0 Å². The summed E-state index contributed by atoms with van der Waals surface area (Å²) in [5.41, 5.74) is 0.928. The number of aromatic nitrogens is 2. The molecule has 0 fully saturated rings. The summed E-state index contributed by atoms with van der Waals surface area (Å²) in [6, 6.07) is 0. The van der Waals surface area contributed by atoms with E-state index in [1.165, 1.54) is 0 Å². The van der Waals surface area contributed by atoms with Crippen molar-refractivity contribution in [1.29, 1.82) is 0 Å². The highest BCUT2D eigenvalue weighted by atomic mass is 16.7. The Balaban J connectivity index is 2.73. The fourth-order valence-electron chi connectivity index (χ4n) is 0.930. The molecule has 0 aliphatic rings. The van der Waals surface area contributed by atoms with Crippen LogP contribution in [-0.2, 0) is 16.5 Å². The van der Waals surface area contributed by atoms with Crippen molar-refractivity contribution in [1.82, 2.24) is 9.78 Å². The van der Waals surface area contributed by atoms with E-state index in [1.807, 2.05) is 13.2 Å². The molecule has 62 valence electrons. The summed E-state index contributed by atoms with van der Waals surface area (Å²) < 4.78 is 11.8. The number of aryl methyl sites for hydroxylation is 1. The van der Waals surface area contributed by atoms with Gasteiger partial charge >= 0.3 is 0 Å². The lowest BCUT2D eigenvalue weighted by molar-refractivity contribution is -0.106. The number of nitrogens with zero attached hydrogens (tertiary/aromatic N) is 2. The summed E-state index contributed by atoms with van der Waals surface area (Å²) >= 11 is 0. The van der Waals surface area contributed by atoms with Crippen LogP contribution in [0.15, 0.2) is 12.4 Å². The Kier molecular flexibility index (Phi) is 2.62. The first-order valence-electron chi connectivity index (χ1n) is 3.32. The molecule has 0 bridgehead atoms. The van der Waals surface area contributed by atoms with E-state index in [1.54, 1.807) is 25.1 Å². The topological polar surface area (TPSA) is 36.3 Å². The third-order valence-corrected chi connectivity index (χ3v) is 1.43. The number of hydrogen-bond acceptors (Lipinski definition) is 3. The lowest BCUT2D eigenvalue weighted by Crippen LogP contribution is -2.01. The van der Waals surface area contributed by atoms with Crippen LogP contribution >= 0.6 is 0 Å². The Bertz CT molecular complexity index is 218. The van der Waals surface area contributed by atoms with Gasteiger partial charge in [-0.25, -0.2) is 0 Å². The van der Waals surface area contributed by atoms with Crippen LogP contribution in [0.2, 0.25) is 0 Å². The molecular formula is C7H12N2O2. The van der Waals surface area contributed by atoms with Gasteiger partial charge in [-0.3, -0.25) is 4.68 Å². The van der Waals surface area contributed by atoms with Gasteiger partial charge < -0.3 is 9.47 Å². The highest BCUT2D eigenvalue weighted by molar-refractivity contribution is 5.05. The summed E-state index contributed by atoms with van der Waals surface area (Å²) in [7, 11) is 5.05. The third kappa shape index (κ3) is 1.78. The second-order valence-corrected chi connectivity index (χ2v) is 2.25. The third-order valence-electron chi connectivity index (χ3n) is 1.43. The molecular weight excluding hydrogens is 144 g/mol. The van der Waals surface area contributed by atoms with Crippen LogP contribution in [-0.4, -0.2) is 24.0 Å². The maximum atomic E-state index is 5.02. The van der Waals surface area contributed by atoms with Gasteiger partial charge in [0.25, 0.3) is 0 Å². The maximum Gasteiger partial charge on any atom is 0.186 e. The minimum absolute atomic E-state index is 0.302. The first kappa shape index (κ1) is 8.23. The molecule has 11 heavy (non-hydrogen) atoms. The Morgan fingerprint density at radius 3 is 2.45 bits per heavy atom. The molecule has 4 nitrogen and oxygen atoms in total. The van der Waals surface area contributed by atoms with E-state index in [2.05, 4.69) is 5.10 Å². The summed E-state index contributed by atoms with van der Waals surface area (Å²) in [5, 5.41) is 3.99. The van der Waals surface area contributed by atoms with Gasteiger partial charge in [0.2, 0.25) is 0 Å². The van der Waals surface area contributed by atoms with E-state index in [0.29, 0.717) is 0 Å². The molecule has 4 heteroatoms. The van der Waals surface area contributed by atoms with Crippen molar-refractivity contribution in [2.75, 3.05) is 14.2 Å². The second kappa shape index (κ2) is 3.50. The van der Waals surface area contributed by atoms with Crippen molar-refractivity contribution >= 4 is 0 Å². The molecule has 0 spiro atoms. The number of methoxy groups -OCH3 is 2. The number of ether oxygens (including phenoxy) is 2. The van der Waals surface area contributed by atoms with Gasteiger partial charge in [-0.1, -0.05) is 0 Å². The maximum absolute atomic E-state index is 5.02. The lowest BCUT2D eigenvalue weighted by Gasteiger charge is -2.09. The van der Waals surface area contributed by atoms with Crippen LogP contribution in [0.1, 0.15) is 11.9 Å². The van der Waals surface area contributed by atoms with Gasteiger partial charge in [-0.05, 0) is 0 Å². The molecule has 1 rings (SSSR count). The SMILES string of the molecule is COC(OC)c1cnn(C)c1. The minimum atomic E-state index is -0.302. The molecule has 0 saturated carbocycles. The van der Waals surface area contributed by atoms with Crippen molar-refractivity contribution in [2.45, 2.75) is 6.29 Å². The van der Waals surface area contributed by atoms with Crippen LogP contribution in [0.5, 0.6) is 0 Å². The van der Waals surface area contributed by atoms with Crippen LogP contribution in [0.25, 0.3) is 0 Å². The van der Waals surface area contributed by atoms with Crippen LogP contribution in [0.4, 0.5) is 0 Å². The average Bonchev–Trinajstić information content (AvgIpc) is 2.39. The van der Waals surface area contributed by atoms with Crippen molar-refractivity contribution in [3.63, 3.8) is 0 Å². The van der Waals surface area contributed by atoms with Gasteiger partial charge in [-0.15, -0.1) is 0 Å². The molecule has 0 N–H and O–H groups in total. The highest BCUT2D eigenvalue weighted by Gasteiger charge is 2.09. The number of rotatable bonds is 3. The van der Waals surface area contributed by atoms with Gasteiger partial charge in [0.15, 0.2) is 6.29 Å². The zero-order valence-electron chi connectivity index (χ0n) is 6.94. The molecule has 0 aromatic carbocycles. The molecule has 0 saturated heterocycles. The predicted molar refractivity (Wildman–Crippen MR) is 40.0 cm³/mol. The molecule has 0 aliphatic carbocycles. The van der Waals surface area contributed by atoms with Gasteiger partial charge in [0.1, 0.15) is 0 Å². The lowest BCUT2D eigenvalue weighted by atomic mass is 10.3. The first-order chi connectivity index (χ1) is 5.27. The fraction of sp³-hybridized carbons (Fsp3) is 0.571. The molecule has 0 atom stereocenters. The summed E-state index contributed by atoms with van der Waals surface area (Å²) in [4.78, 5) is 0. The predicted octanol–water partition coefficient (Wildman–Crippen LogP) is 0.712. The largest absolute Gasteiger partial charge is 0.352 e. The molecule has 1 aromatic heterocycles. The van der Waals surface area contributed by atoms with E-state index in [9.17, 15) is 0 Å². The molecule has 0 aliphatic heterocycles. The number of hydrogen-bond donors (Lipinski definition) is 0. The van der Waals surface area contributed by atoms with E-state index in [0.717, 1.165) is 5.56 Å². The van der Waals surface area contributed by atoms with E-state index in [-0.39, 0.29) is 6.29 Å². The van der Waals surface area contributed by atoms with Crippen molar-refractivity contribution in [2.24, 2.45) is 7.05 Å². The highest BCUT2D eigenvalue weighted by Crippen LogP contribution is 2.14. The molecule has 0 unspecified atom stereocenters. The Labute approximate surface area is 65.7 Å². The fourth-order valence-corrected chi connectivity index (χ4v) is 0.930. The normalized spacial score (nSPS) is 10.9. The van der Waals surface area contributed by atoms with Crippen LogP contribution < -0.4 is 0 Å². The van der Waals surface area contributed by atoms with Crippen molar-refractivity contribution in [3.05, 3.63) is 18.0 Å². The van der Waals surface area contributed by atoms with Gasteiger partial charge in [0, 0.05) is 33.0 Å². The van der Waals surface area contributed by atoms with Gasteiger partial charge in [0.05, 0.1) is 6.20 Å². The molecule has 0 amide bonds. The van der Waals surface area contributed by atoms with E-state index < -0.39 is 0 Å². The van der Waals surface area contributed by atoms with Crippen LogP contribution in [0.3, 0.4) is 0 Å². The zero-order valence-corrected chi connectivity index (χ0v) is 6.94. The zero-order chi connectivity index (χ0) is 8.27. The quantitative estimate of drug-likeness (QED) is 0.605. The summed E-state index contributed by atoms with van der Waals surface area (Å²) in [5.74, 6) is 0. The van der Waals surface area contributed by atoms with Crippen molar-refractivity contribution in [3.8, 4) is 0 Å². The molecule has 1 heterocycles. The summed E-state index contributed by atoms with van der Waals surface area (Å²) in [6.07, 6.45) is 3.28. The van der Waals surface area contributed by atoms with Gasteiger partial charge in [-0.2, -0.15) is 5.10 Å². The van der Waals surface area contributed by atoms with Crippen LogP contribution in [0, 0.1) is 0 Å². The monoisotopic (exact) mass is 156 g/mol. The molecule has 1 aromatic rings. The Morgan fingerprint density at radius 1 is 1.45 bits per heavy atom. The Morgan fingerprint density at radius 2 is 2.09 bits per heavy atom. The minimum Gasteiger partial charge on any atom is -0.352 e. The Hall–Kier alpha value is -0.870. The standard InChI is InChI=1S/C7H12N2O2/c1-9-5-6(4-8-9)7(10-2)11-3/h4-5,7H,1-3H3. The smallest absolute Gasteiger partial charge is 0.186 e. The second-order valence-electron chi connectivity index (χ2n) is 2.25. The first-order valence-corrected chi connectivity index (χ1v) is 3.32. The average molecular weight is 156 g/mol. The summed E-state index contributed by atoms with van der Waals surface area (Å²) in [6.45, 7) is 0. The van der Waals surface area contributed by atoms with E-state index in [4.69, 9.17) is 9.47 Å². The van der Waals surface area contributed by atoms with Crippen molar-refractivity contribution < 1.29 is 9.47 Å². The molecule has 0 radical (unpaired) electrons.